The summed E-state index contributed by atoms with van der Waals surface area (Å²) in [5.74, 6) is 0.719. The Bertz CT molecular complexity index is 280. The number of hydrogen-bond acceptors (Lipinski definition) is 3. The molecule has 1 unspecified atom stereocenters. The van der Waals surface area contributed by atoms with E-state index in [0.717, 1.165) is 6.42 Å². The van der Waals surface area contributed by atoms with Crippen LogP contribution in [0.25, 0.3) is 0 Å². The lowest BCUT2D eigenvalue weighted by atomic mass is 10.1. The molecule has 0 aliphatic carbocycles. The molecule has 0 spiro atoms. The minimum absolute atomic E-state index is 0. The highest BCUT2D eigenvalue weighted by molar-refractivity contribution is 7.91. The first-order valence-corrected chi connectivity index (χ1v) is 7.13. The van der Waals surface area contributed by atoms with E-state index in [1.165, 1.54) is 0 Å². The summed E-state index contributed by atoms with van der Waals surface area (Å²) in [5, 5.41) is 0. The molecule has 1 aliphatic rings. The van der Waals surface area contributed by atoms with E-state index < -0.39 is 9.84 Å². The zero-order chi connectivity index (χ0) is 10.9. The lowest BCUT2D eigenvalue weighted by Crippen LogP contribution is -3.00. The molecule has 1 fully saturated rings. The molecular formula is C10H21ClNO2S-. The molecular weight excluding hydrogens is 234 g/mol. The monoisotopic (exact) mass is 254 g/mol. The standard InChI is InChI=1S/C10H21NO2S.ClH/c1-8(2)11(9(3)4)10-5-6-14(12,13)7-10;/h8-10H,5-7H2,1-4H3;1H/p-1. The molecule has 0 amide bonds. The van der Waals surface area contributed by atoms with E-state index in [9.17, 15) is 8.42 Å². The second-order valence-electron chi connectivity index (χ2n) is 4.69. The molecule has 1 saturated heterocycles. The van der Waals surface area contributed by atoms with E-state index in [1.54, 1.807) is 0 Å². The molecule has 1 rings (SSSR count). The van der Waals surface area contributed by atoms with Crippen molar-refractivity contribution in [3.8, 4) is 0 Å². The normalized spacial score (nSPS) is 24.9. The third-order valence-electron chi connectivity index (χ3n) is 2.82. The topological polar surface area (TPSA) is 37.4 Å². The van der Waals surface area contributed by atoms with Crippen LogP contribution in [0.4, 0.5) is 0 Å². The Morgan fingerprint density at radius 2 is 1.60 bits per heavy atom. The van der Waals surface area contributed by atoms with Crippen molar-refractivity contribution in [1.82, 2.24) is 4.90 Å². The molecule has 0 bridgehead atoms. The molecule has 0 saturated carbocycles. The zero-order valence-corrected chi connectivity index (χ0v) is 11.5. The van der Waals surface area contributed by atoms with E-state index in [-0.39, 0.29) is 18.4 Å². The summed E-state index contributed by atoms with van der Waals surface area (Å²) in [6.45, 7) is 8.52. The summed E-state index contributed by atoms with van der Waals surface area (Å²) in [7, 11) is -2.75. The maximum Gasteiger partial charge on any atom is 0.151 e. The van der Waals surface area contributed by atoms with E-state index in [2.05, 4.69) is 32.6 Å². The molecule has 0 N–H and O–H groups in total. The summed E-state index contributed by atoms with van der Waals surface area (Å²) >= 11 is 0. The van der Waals surface area contributed by atoms with Gasteiger partial charge in [0, 0.05) is 18.1 Å². The van der Waals surface area contributed by atoms with Crippen molar-refractivity contribution in [2.75, 3.05) is 11.5 Å². The van der Waals surface area contributed by atoms with Crippen LogP contribution in [0, 0.1) is 0 Å². The molecule has 1 aliphatic heterocycles. The van der Waals surface area contributed by atoms with Crippen LogP contribution in [0.1, 0.15) is 34.1 Å². The molecule has 0 aromatic rings. The van der Waals surface area contributed by atoms with Gasteiger partial charge in [0.1, 0.15) is 0 Å². The maximum absolute atomic E-state index is 11.4. The predicted molar refractivity (Wildman–Crippen MR) is 59.2 cm³/mol. The van der Waals surface area contributed by atoms with E-state index in [0.29, 0.717) is 23.6 Å². The van der Waals surface area contributed by atoms with Crippen LogP contribution < -0.4 is 12.4 Å². The van der Waals surface area contributed by atoms with Crippen LogP contribution in [0.2, 0.25) is 0 Å². The lowest BCUT2D eigenvalue weighted by molar-refractivity contribution is -0.00000699. The second-order valence-corrected chi connectivity index (χ2v) is 6.92. The Morgan fingerprint density at radius 3 is 1.87 bits per heavy atom. The number of halogens is 1. The summed E-state index contributed by atoms with van der Waals surface area (Å²) in [6.07, 6.45) is 0.804. The fraction of sp³-hybridized carbons (Fsp3) is 1.00. The van der Waals surface area contributed by atoms with Gasteiger partial charge < -0.3 is 12.4 Å². The Morgan fingerprint density at radius 1 is 1.13 bits per heavy atom. The number of hydrogen-bond donors (Lipinski definition) is 0. The van der Waals surface area contributed by atoms with Crippen molar-refractivity contribution in [1.29, 1.82) is 0 Å². The van der Waals surface area contributed by atoms with E-state index in [4.69, 9.17) is 0 Å². The number of sulfone groups is 1. The Balaban J connectivity index is 0.00000196. The van der Waals surface area contributed by atoms with Gasteiger partial charge in [0.25, 0.3) is 0 Å². The fourth-order valence-electron chi connectivity index (χ4n) is 2.45. The first-order valence-electron chi connectivity index (χ1n) is 5.31. The van der Waals surface area contributed by atoms with Gasteiger partial charge in [-0.05, 0) is 34.1 Å². The first-order chi connectivity index (χ1) is 6.33. The third-order valence-corrected chi connectivity index (χ3v) is 4.57. The highest BCUT2D eigenvalue weighted by atomic mass is 35.5. The number of nitrogens with zero attached hydrogens (tertiary/aromatic N) is 1. The van der Waals surface area contributed by atoms with Crippen LogP contribution in [-0.2, 0) is 9.84 Å². The smallest absolute Gasteiger partial charge is 0.151 e. The van der Waals surface area contributed by atoms with Gasteiger partial charge in [-0.25, -0.2) is 8.42 Å². The van der Waals surface area contributed by atoms with Gasteiger partial charge >= 0.3 is 0 Å². The van der Waals surface area contributed by atoms with Gasteiger partial charge in [-0.15, -0.1) is 0 Å². The maximum atomic E-state index is 11.4. The van der Waals surface area contributed by atoms with Crippen molar-refractivity contribution in [2.45, 2.75) is 52.2 Å². The molecule has 1 atom stereocenters. The second kappa shape index (κ2) is 5.51. The van der Waals surface area contributed by atoms with Crippen LogP contribution >= 0.6 is 0 Å². The van der Waals surface area contributed by atoms with Crippen LogP contribution in [0.5, 0.6) is 0 Å². The molecule has 15 heavy (non-hydrogen) atoms. The summed E-state index contributed by atoms with van der Waals surface area (Å²) < 4.78 is 22.7. The van der Waals surface area contributed by atoms with Gasteiger partial charge in [0.15, 0.2) is 9.84 Å². The zero-order valence-electron chi connectivity index (χ0n) is 9.90. The highest BCUT2D eigenvalue weighted by Gasteiger charge is 2.34. The van der Waals surface area contributed by atoms with Crippen molar-refractivity contribution < 1.29 is 20.8 Å². The summed E-state index contributed by atoms with van der Waals surface area (Å²) in [5.41, 5.74) is 0. The fourth-order valence-corrected chi connectivity index (χ4v) is 4.17. The molecule has 92 valence electrons. The van der Waals surface area contributed by atoms with Crippen molar-refractivity contribution >= 4 is 9.84 Å². The van der Waals surface area contributed by atoms with Gasteiger partial charge in [0.2, 0.25) is 0 Å². The van der Waals surface area contributed by atoms with Gasteiger partial charge in [-0.2, -0.15) is 0 Å². The first kappa shape index (κ1) is 15.2. The van der Waals surface area contributed by atoms with Crippen LogP contribution in [-0.4, -0.2) is 42.9 Å². The van der Waals surface area contributed by atoms with Crippen LogP contribution in [0.15, 0.2) is 0 Å². The van der Waals surface area contributed by atoms with Crippen molar-refractivity contribution in [3.05, 3.63) is 0 Å². The average molecular weight is 255 g/mol. The molecule has 5 heteroatoms. The quantitative estimate of drug-likeness (QED) is 0.603. The largest absolute Gasteiger partial charge is 1.00 e. The van der Waals surface area contributed by atoms with Gasteiger partial charge in [-0.1, -0.05) is 0 Å². The molecule has 0 radical (unpaired) electrons. The SMILES string of the molecule is CC(C)N(C(C)C)C1CCS(=O)(=O)C1.[Cl-]. The average Bonchev–Trinajstić information content (AvgIpc) is 2.28. The minimum Gasteiger partial charge on any atom is -1.00 e. The lowest BCUT2D eigenvalue weighted by Gasteiger charge is -2.35. The van der Waals surface area contributed by atoms with Crippen molar-refractivity contribution in [3.63, 3.8) is 0 Å². The predicted octanol–water partition coefficient (Wildman–Crippen LogP) is -1.70. The highest BCUT2D eigenvalue weighted by Crippen LogP contribution is 2.21. The Hall–Kier alpha value is 0.200. The van der Waals surface area contributed by atoms with Crippen LogP contribution in [0.3, 0.4) is 0 Å². The van der Waals surface area contributed by atoms with Gasteiger partial charge in [-0.3, -0.25) is 4.90 Å². The molecule has 0 aromatic heterocycles. The van der Waals surface area contributed by atoms with Gasteiger partial charge in [0.05, 0.1) is 11.5 Å². The Kier molecular flexibility index (Phi) is 5.58. The molecule has 3 nitrogen and oxygen atoms in total. The third kappa shape index (κ3) is 3.93. The van der Waals surface area contributed by atoms with Crippen molar-refractivity contribution in [2.24, 2.45) is 0 Å². The van der Waals surface area contributed by atoms with E-state index >= 15 is 0 Å². The minimum atomic E-state index is -2.75. The molecule has 1 heterocycles. The number of rotatable bonds is 3. The Labute approximate surface area is 99.6 Å². The van der Waals surface area contributed by atoms with E-state index in [1.807, 2.05) is 0 Å². The molecule has 0 aromatic carbocycles. The summed E-state index contributed by atoms with van der Waals surface area (Å²) in [6, 6.07) is 1.08. The summed E-state index contributed by atoms with van der Waals surface area (Å²) in [4.78, 5) is 2.31.